The van der Waals surface area contributed by atoms with Gasteiger partial charge in [0, 0.05) is 24.7 Å². The van der Waals surface area contributed by atoms with Crippen molar-refractivity contribution in [2.75, 3.05) is 18.4 Å². The predicted octanol–water partition coefficient (Wildman–Crippen LogP) is 4.67. The third-order valence-corrected chi connectivity index (χ3v) is 7.69. The lowest BCUT2D eigenvalue weighted by atomic mass is 9.97. The fraction of sp³-hybridized carbons (Fsp3) is 0.409. The van der Waals surface area contributed by atoms with Crippen molar-refractivity contribution in [3.05, 3.63) is 58.7 Å². The van der Waals surface area contributed by atoms with Gasteiger partial charge >= 0.3 is 6.18 Å². The summed E-state index contributed by atoms with van der Waals surface area (Å²) < 4.78 is 66.3. The van der Waals surface area contributed by atoms with Gasteiger partial charge in [0.05, 0.1) is 10.5 Å². The van der Waals surface area contributed by atoms with Crippen molar-refractivity contribution in [3.63, 3.8) is 0 Å². The van der Waals surface area contributed by atoms with Crippen LogP contribution in [-0.2, 0) is 21.0 Å². The van der Waals surface area contributed by atoms with Crippen molar-refractivity contribution >= 4 is 21.6 Å². The van der Waals surface area contributed by atoms with E-state index < -0.39 is 33.6 Å². The van der Waals surface area contributed by atoms with Crippen LogP contribution >= 0.6 is 0 Å². The number of nitrogens with zero attached hydrogens (tertiary/aromatic N) is 1. The Labute approximate surface area is 180 Å². The molecule has 0 aromatic heterocycles. The number of carbonyl (C=O) groups excluding carboxylic acids is 1. The summed E-state index contributed by atoms with van der Waals surface area (Å²) in [4.78, 5) is 12.8. The Kier molecular flexibility index (Phi) is 6.48. The van der Waals surface area contributed by atoms with Crippen LogP contribution in [0.1, 0.15) is 35.1 Å². The standard InChI is InChI=1S/C22H25F3N2O3S/c1-14-11-15(2)20(16(3)12-14)31(29,30)27-9-7-17(8-10-27)21(28)26-19-6-4-5-18(13-19)22(23,24)25/h4-6,11-13,17H,7-10H2,1-3H3,(H,26,28). The Morgan fingerprint density at radius 1 is 1.03 bits per heavy atom. The molecule has 1 saturated heterocycles. The summed E-state index contributed by atoms with van der Waals surface area (Å²) in [5.41, 5.74) is 1.58. The first-order valence-electron chi connectivity index (χ1n) is 9.95. The average Bonchev–Trinajstić information content (AvgIpc) is 2.66. The molecule has 1 aliphatic rings. The van der Waals surface area contributed by atoms with E-state index in [1.165, 1.54) is 16.4 Å². The van der Waals surface area contributed by atoms with Crippen LogP contribution in [0.5, 0.6) is 0 Å². The molecule has 2 aromatic carbocycles. The van der Waals surface area contributed by atoms with Crippen LogP contribution in [0.2, 0.25) is 0 Å². The first-order valence-corrected chi connectivity index (χ1v) is 11.4. The molecule has 0 saturated carbocycles. The molecule has 0 spiro atoms. The Bertz CT molecular complexity index is 1070. The van der Waals surface area contributed by atoms with Crippen molar-refractivity contribution in [3.8, 4) is 0 Å². The molecule has 168 valence electrons. The molecule has 1 heterocycles. The third kappa shape index (κ3) is 5.10. The van der Waals surface area contributed by atoms with Gasteiger partial charge in [0.15, 0.2) is 0 Å². The van der Waals surface area contributed by atoms with Gasteiger partial charge in [-0.25, -0.2) is 8.42 Å². The van der Waals surface area contributed by atoms with Gasteiger partial charge in [-0.05, 0) is 62.9 Å². The summed E-state index contributed by atoms with van der Waals surface area (Å²) >= 11 is 0. The number of sulfonamides is 1. The minimum Gasteiger partial charge on any atom is -0.326 e. The van der Waals surface area contributed by atoms with Gasteiger partial charge < -0.3 is 5.32 Å². The molecule has 0 aliphatic carbocycles. The third-order valence-electron chi connectivity index (χ3n) is 5.48. The van der Waals surface area contributed by atoms with Crippen LogP contribution in [0.4, 0.5) is 18.9 Å². The summed E-state index contributed by atoms with van der Waals surface area (Å²) in [6, 6.07) is 8.12. The number of piperidine rings is 1. The van der Waals surface area contributed by atoms with E-state index in [-0.39, 0.29) is 18.8 Å². The number of hydrogen-bond acceptors (Lipinski definition) is 3. The largest absolute Gasteiger partial charge is 0.416 e. The van der Waals surface area contributed by atoms with E-state index in [0.29, 0.717) is 28.9 Å². The first-order chi connectivity index (χ1) is 14.4. The molecule has 31 heavy (non-hydrogen) atoms. The maximum atomic E-state index is 13.2. The summed E-state index contributed by atoms with van der Waals surface area (Å²) in [5.74, 6) is -0.875. The van der Waals surface area contributed by atoms with Crippen LogP contribution in [0.3, 0.4) is 0 Å². The van der Waals surface area contributed by atoms with Gasteiger partial charge in [0.25, 0.3) is 0 Å². The minimum absolute atomic E-state index is 0.0702. The quantitative estimate of drug-likeness (QED) is 0.730. The van der Waals surface area contributed by atoms with Crippen LogP contribution in [0.25, 0.3) is 0 Å². The number of amides is 1. The molecule has 2 aromatic rings. The molecule has 0 atom stereocenters. The Morgan fingerprint density at radius 2 is 1.61 bits per heavy atom. The minimum atomic E-state index is -4.49. The zero-order chi connectivity index (χ0) is 23.0. The highest BCUT2D eigenvalue weighted by Gasteiger charge is 2.34. The SMILES string of the molecule is Cc1cc(C)c(S(=O)(=O)N2CCC(C(=O)Nc3cccc(C(F)(F)F)c3)CC2)c(C)c1. The van der Waals surface area contributed by atoms with E-state index in [0.717, 1.165) is 17.7 Å². The highest BCUT2D eigenvalue weighted by atomic mass is 32.2. The Morgan fingerprint density at radius 3 is 2.16 bits per heavy atom. The average molecular weight is 455 g/mol. The molecule has 1 fully saturated rings. The highest BCUT2D eigenvalue weighted by Crippen LogP contribution is 2.32. The fourth-order valence-electron chi connectivity index (χ4n) is 4.08. The highest BCUT2D eigenvalue weighted by molar-refractivity contribution is 7.89. The van der Waals surface area contributed by atoms with Crippen LogP contribution < -0.4 is 5.32 Å². The molecule has 0 bridgehead atoms. The van der Waals surface area contributed by atoms with Crippen LogP contribution in [-0.4, -0.2) is 31.7 Å². The monoisotopic (exact) mass is 454 g/mol. The predicted molar refractivity (Wildman–Crippen MR) is 112 cm³/mol. The second-order valence-corrected chi connectivity index (χ2v) is 9.85. The molecular formula is C22H25F3N2O3S. The van der Waals surface area contributed by atoms with Gasteiger partial charge in [-0.3, -0.25) is 4.79 Å². The van der Waals surface area contributed by atoms with E-state index in [4.69, 9.17) is 0 Å². The smallest absolute Gasteiger partial charge is 0.326 e. The Balaban J connectivity index is 1.68. The molecule has 3 rings (SSSR count). The number of nitrogens with one attached hydrogen (secondary N) is 1. The topological polar surface area (TPSA) is 66.5 Å². The van der Waals surface area contributed by atoms with Crippen LogP contribution in [0, 0.1) is 26.7 Å². The van der Waals surface area contributed by atoms with Gasteiger partial charge in [-0.2, -0.15) is 17.5 Å². The second kappa shape index (κ2) is 8.63. The molecule has 1 aliphatic heterocycles. The fourth-order valence-corrected chi connectivity index (χ4v) is 5.96. The number of benzene rings is 2. The van der Waals surface area contributed by atoms with Crippen molar-refractivity contribution in [1.29, 1.82) is 0 Å². The molecule has 0 unspecified atom stereocenters. The summed E-state index contributed by atoms with van der Waals surface area (Å²) in [6.45, 7) is 5.79. The number of carbonyl (C=O) groups is 1. The maximum absolute atomic E-state index is 13.2. The van der Waals surface area contributed by atoms with Gasteiger partial charge in [0.2, 0.25) is 15.9 Å². The van der Waals surface area contributed by atoms with E-state index in [1.807, 2.05) is 19.1 Å². The summed E-state index contributed by atoms with van der Waals surface area (Å²) in [7, 11) is -3.69. The number of alkyl halides is 3. The molecule has 0 radical (unpaired) electrons. The number of halogens is 3. The molecular weight excluding hydrogens is 429 g/mol. The lowest BCUT2D eigenvalue weighted by molar-refractivity contribution is -0.137. The van der Waals surface area contributed by atoms with E-state index in [9.17, 15) is 26.4 Å². The normalized spacial score (nSPS) is 16.3. The zero-order valence-corrected chi connectivity index (χ0v) is 18.4. The lowest BCUT2D eigenvalue weighted by Gasteiger charge is -2.31. The van der Waals surface area contributed by atoms with Gasteiger partial charge in [-0.15, -0.1) is 0 Å². The maximum Gasteiger partial charge on any atom is 0.416 e. The van der Waals surface area contributed by atoms with Crippen molar-refractivity contribution in [2.45, 2.75) is 44.7 Å². The van der Waals surface area contributed by atoms with Crippen molar-refractivity contribution < 1.29 is 26.4 Å². The van der Waals surface area contributed by atoms with Crippen LogP contribution in [0.15, 0.2) is 41.3 Å². The van der Waals surface area contributed by atoms with Gasteiger partial charge in [-0.1, -0.05) is 23.8 Å². The lowest BCUT2D eigenvalue weighted by Crippen LogP contribution is -2.41. The zero-order valence-electron chi connectivity index (χ0n) is 17.6. The van der Waals surface area contributed by atoms with Crippen molar-refractivity contribution in [2.24, 2.45) is 5.92 Å². The van der Waals surface area contributed by atoms with E-state index in [1.54, 1.807) is 13.8 Å². The molecule has 1 N–H and O–H groups in total. The molecule has 9 heteroatoms. The molecule has 5 nitrogen and oxygen atoms in total. The number of rotatable bonds is 4. The van der Waals surface area contributed by atoms with Crippen molar-refractivity contribution in [1.82, 2.24) is 4.31 Å². The Hall–Kier alpha value is -2.39. The number of hydrogen-bond donors (Lipinski definition) is 1. The summed E-state index contributed by atoms with van der Waals surface area (Å²) in [6.07, 6.45) is -3.89. The second-order valence-electron chi connectivity index (χ2n) is 7.97. The first kappa shape index (κ1) is 23.3. The van der Waals surface area contributed by atoms with E-state index >= 15 is 0 Å². The number of anilines is 1. The van der Waals surface area contributed by atoms with E-state index in [2.05, 4.69) is 5.32 Å². The number of aryl methyl sites for hydroxylation is 3. The molecule has 1 amide bonds. The summed E-state index contributed by atoms with van der Waals surface area (Å²) in [5, 5.41) is 2.53. The van der Waals surface area contributed by atoms with Gasteiger partial charge in [0.1, 0.15) is 0 Å².